The molecule has 0 aromatic rings. The van der Waals surface area contributed by atoms with Crippen molar-refractivity contribution < 1.29 is 4.74 Å². The quantitative estimate of drug-likeness (QED) is 0.107. The fourth-order valence-corrected chi connectivity index (χ4v) is 4.74. The summed E-state index contributed by atoms with van der Waals surface area (Å²) in [6.45, 7) is 7.51. The van der Waals surface area contributed by atoms with E-state index in [-0.39, 0.29) is 0 Å². The zero-order valence-corrected chi connectivity index (χ0v) is 23.1. The Bertz CT molecular complexity index is 312. The summed E-state index contributed by atoms with van der Waals surface area (Å²) in [5.74, 6) is 0. The van der Waals surface area contributed by atoms with E-state index in [4.69, 9.17) is 4.74 Å². The average Bonchev–Trinajstić information content (AvgIpc) is 2.78. The molecule has 32 heavy (non-hydrogen) atoms. The molecule has 1 nitrogen and oxygen atoms in total. The van der Waals surface area contributed by atoms with Gasteiger partial charge in [0, 0.05) is 6.61 Å². The zero-order chi connectivity index (χ0) is 23.4. The Labute approximate surface area is 205 Å². The van der Waals surface area contributed by atoms with E-state index in [1.807, 2.05) is 0 Å². The summed E-state index contributed by atoms with van der Waals surface area (Å²) in [5, 5.41) is 0. The molecule has 0 fully saturated rings. The van der Waals surface area contributed by atoms with Gasteiger partial charge in [-0.05, 0) is 20.3 Å². The normalized spacial score (nSPS) is 11.6. The highest BCUT2D eigenvalue weighted by Crippen LogP contribution is 2.16. The third-order valence-corrected chi connectivity index (χ3v) is 6.95. The van der Waals surface area contributed by atoms with E-state index in [2.05, 4.69) is 20.8 Å². The van der Waals surface area contributed by atoms with Crippen molar-refractivity contribution in [3.63, 3.8) is 0 Å². The molecule has 0 aromatic carbocycles. The molecular formula is C31H64O. The molecule has 0 spiro atoms. The van der Waals surface area contributed by atoms with Crippen molar-refractivity contribution in [1.82, 2.24) is 0 Å². The third kappa shape index (κ3) is 30.0. The number of rotatable bonds is 28. The van der Waals surface area contributed by atoms with E-state index in [0.717, 1.165) is 6.61 Å². The molecule has 0 aromatic heterocycles. The Morgan fingerprint density at radius 2 is 0.562 bits per heavy atom. The third-order valence-electron chi connectivity index (χ3n) is 6.95. The Morgan fingerprint density at radius 3 is 0.781 bits per heavy atom. The van der Waals surface area contributed by atoms with Gasteiger partial charge in [-0.1, -0.05) is 167 Å². The van der Waals surface area contributed by atoms with Crippen molar-refractivity contribution in [2.45, 2.75) is 194 Å². The molecule has 0 saturated heterocycles. The van der Waals surface area contributed by atoms with Crippen molar-refractivity contribution in [1.29, 1.82) is 0 Å². The number of hydrogen-bond donors (Lipinski definition) is 0. The van der Waals surface area contributed by atoms with Crippen LogP contribution in [0.15, 0.2) is 0 Å². The highest BCUT2D eigenvalue weighted by atomic mass is 16.5. The van der Waals surface area contributed by atoms with Crippen LogP contribution in [0.2, 0.25) is 0 Å². The maximum atomic E-state index is 5.60. The first-order valence-electron chi connectivity index (χ1n) is 15.4. The minimum absolute atomic E-state index is 0.397. The Hall–Kier alpha value is -0.0400. The van der Waals surface area contributed by atoms with Gasteiger partial charge < -0.3 is 4.74 Å². The van der Waals surface area contributed by atoms with Gasteiger partial charge in [0.25, 0.3) is 0 Å². The number of ether oxygens (including phenoxy) is 1. The fraction of sp³-hybridized carbons (Fsp3) is 1.00. The van der Waals surface area contributed by atoms with Gasteiger partial charge in [-0.2, -0.15) is 0 Å². The van der Waals surface area contributed by atoms with Gasteiger partial charge in [-0.25, -0.2) is 0 Å². The summed E-state index contributed by atoms with van der Waals surface area (Å²) < 4.78 is 5.60. The molecule has 0 radical (unpaired) electrons. The van der Waals surface area contributed by atoms with Gasteiger partial charge in [-0.15, -0.1) is 0 Å². The standard InChI is InChI=1S/C31H64O/c1-4-5-6-7-8-9-10-11-12-13-14-15-16-17-18-19-20-21-22-23-24-25-26-27-28-29-30-32-31(2)3/h31H,4-30H2,1-3H3. The maximum absolute atomic E-state index is 5.60. The number of hydrogen-bond acceptors (Lipinski definition) is 1. The van der Waals surface area contributed by atoms with Crippen molar-refractivity contribution in [2.24, 2.45) is 0 Å². The lowest BCUT2D eigenvalue weighted by Crippen LogP contribution is -2.03. The monoisotopic (exact) mass is 452 g/mol. The highest BCUT2D eigenvalue weighted by Gasteiger charge is 1.97. The maximum Gasteiger partial charge on any atom is 0.0518 e. The lowest BCUT2D eigenvalue weighted by molar-refractivity contribution is 0.0756. The van der Waals surface area contributed by atoms with E-state index in [1.54, 1.807) is 0 Å². The first-order chi connectivity index (χ1) is 15.8. The van der Waals surface area contributed by atoms with Crippen LogP contribution in [0.25, 0.3) is 0 Å². The fourth-order valence-electron chi connectivity index (χ4n) is 4.74. The van der Waals surface area contributed by atoms with Crippen LogP contribution >= 0.6 is 0 Å². The first-order valence-corrected chi connectivity index (χ1v) is 15.4. The van der Waals surface area contributed by atoms with E-state index in [9.17, 15) is 0 Å². The van der Waals surface area contributed by atoms with Crippen LogP contribution in [0.3, 0.4) is 0 Å². The van der Waals surface area contributed by atoms with E-state index in [1.165, 1.54) is 167 Å². The Kier molecular flexibility index (Phi) is 29.0. The SMILES string of the molecule is CCCCCCCCCCCCCCCCCCCCCCCCCCCCOC(C)C. The molecule has 0 N–H and O–H groups in total. The average molecular weight is 453 g/mol. The molecule has 194 valence electrons. The van der Waals surface area contributed by atoms with Crippen LogP contribution in [0.5, 0.6) is 0 Å². The Morgan fingerprint density at radius 1 is 0.344 bits per heavy atom. The Balaban J connectivity index is 3.00. The van der Waals surface area contributed by atoms with E-state index < -0.39 is 0 Å². The predicted octanol–water partition coefficient (Wildman–Crippen LogP) is 11.6. The second-order valence-electron chi connectivity index (χ2n) is 10.8. The topological polar surface area (TPSA) is 9.23 Å². The van der Waals surface area contributed by atoms with Gasteiger partial charge in [0.2, 0.25) is 0 Å². The van der Waals surface area contributed by atoms with Crippen LogP contribution in [-0.2, 0) is 4.74 Å². The van der Waals surface area contributed by atoms with Crippen LogP contribution in [0, 0.1) is 0 Å². The zero-order valence-electron chi connectivity index (χ0n) is 23.1. The molecule has 1 heteroatoms. The molecule has 0 amide bonds. The minimum Gasteiger partial charge on any atom is -0.379 e. The van der Waals surface area contributed by atoms with Crippen LogP contribution < -0.4 is 0 Å². The molecular weight excluding hydrogens is 388 g/mol. The molecule has 0 saturated carbocycles. The lowest BCUT2D eigenvalue weighted by Gasteiger charge is -2.07. The van der Waals surface area contributed by atoms with Gasteiger partial charge in [-0.3, -0.25) is 0 Å². The molecule has 0 bridgehead atoms. The molecule has 0 rings (SSSR count). The predicted molar refractivity (Wildman–Crippen MR) is 147 cm³/mol. The second-order valence-corrected chi connectivity index (χ2v) is 10.8. The summed E-state index contributed by atoms with van der Waals surface area (Å²) in [6.07, 6.45) is 38.2. The molecule has 0 aliphatic heterocycles. The summed E-state index contributed by atoms with van der Waals surface area (Å²) >= 11 is 0. The van der Waals surface area contributed by atoms with Crippen molar-refractivity contribution in [2.75, 3.05) is 6.61 Å². The smallest absolute Gasteiger partial charge is 0.0518 e. The van der Waals surface area contributed by atoms with Crippen LogP contribution in [0.4, 0.5) is 0 Å². The van der Waals surface area contributed by atoms with Gasteiger partial charge in [0.1, 0.15) is 0 Å². The summed E-state index contributed by atoms with van der Waals surface area (Å²) in [5.41, 5.74) is 0. The van der Waals surface area contributed by atoms with Gasteiger partial charge in [0.15, 0.2) is 0 Å². The molecule has 0 aliphatic carbocycles. The lowest BCUT2D eigenvalue weighted by atomic mass is 10.0. The number of unbranched alkanes of at least 4 members (excludes halogenated alkanes) is 25. The van der Waals surface area contributed by atoms with Crippen molar-refractivity contribution in [3.05, 3.63) is 0 Å². The van der Waals surface area contributed by atoms with Gasteiger partial charge in [0.05, 0.1) is 6.10 Å². The molecule has 0 heterocycles. The van der Waals surface area contributed by atoms with Crippen molar-refractivity contribution >= 4 is 0 Å². The van der Waals surface area contributed by atoms with Gasteiger partial charge >= 0.3 is 0 Å². The largest absolute Gasteiger partial charge is 0.379 e. The van der Waals surface area contributed by atoms with Crippen LogP contribution in [0.1, 0.15) is 188 Å². The van der Waals surface area contributed by atoms with Crippen molar-refractivity contribution in [3.8, 4) is 0 Å². The second kappa shape index (κ2) is 29.0. The summed E-state index contributed by atoms with van der Waals surface area (Å²) in [6, 6.07) is 0. The molecule has 0 unspecified atom stereocenters. The van der Waals surface area contributed by atoms with E-state index >= 15 is 0 Å². The van der Waals surface area contributed by atoms with Crippen LogP contribution in [-0.4, -0.2) is 12.7 Å². The van der Waals surface area contributed by atoms with E-state index in [0.29, 0.717) is 6.10 Å². The summed E-state index contributed by atoms with van der Waals surface area (Å²) in [7, 11) is 0. The molecule has 0 atom stereocenters. The minimum atomic E-state index is 0.397. The summed E-state index contributed by atoms with van der Waals surface area (Å²) in [4.78, 5) is 0. The molecule has 0 aliphatic rings. The highest BCUT2D eigenvalue weighted by molar-refractivity contribution is 4.52. The first kappa shape index (κ1) is 32.0.